The highest BCUT2D eigenvalue weighted by Gasteiger charge is 2.21. The lowest BCUT2D eigenvalue weighted by molar-refractivity contribution is 0.540. The minimum atomic E-state index is -0.533. The summed E-state index contributed by atoms with van der Waals surface area (Å²) in [5.74, 6) is -1.40. The van der Waals surface area contributed by atoms with E-state index in [0.29, 0.717) is 12.1 Å². The third-order valence-electron chi connectivity index (χ3n) is 3.30. The molecule has 0 aromatic heterocycles. The van der Waals surface area contributed by atoms with Crippen molar-refractivity contribution in [1.29, 1.82) is 0 Å². The first-order chi connectivity index (χ1) is 9.93. The number of rotatable bonds is 4. The van der Waals surface area contributed by atoms with Crippen LogP contribution in [0.1, 0.15) is 29.7 Å². The molecule has 0 saturated carbocycles. The van der Waals surface area contributed by atoms with Gasteiger partial charge in [0.05, 0.1) is 10.5 Å². The van der Waals surface area contributed by atoms with E-state index in [-0.39, 0.29) is 15.9 Å². The molecule has 1 nitrogen and oxygen atoms in total. The maximum atomic E-state index is 14.2. The van der Waals surface area contributed by atoms with Crippen LogP contribution in [0, 0.1) is 24.4 Å². The summed E-state index contributed by atoms with van der Waals surface area (Å²) in [6, 6.07) is 6.03. The second-order valence-electron chi connectivity index (χ2n) is 4.78. The van der Waals surface area contributed by atoms with Gasteiger partial charge in [0.1, 0.15) is 17.5 Å². The SMILES string of the molecule is CCNC(c1ccc(F)cc1C)c1cc(F)c(Br)cc1F. The van der Waals surface area contributed by atoms with E-state index in [1.165, 1.54) is 12.1 Å². The average Bonchev–Trinajstić information content (AvgIpc) is 2.41. The van der Waals surface area contributed by atoms with E-state index in [1.54, 1.807) is 13.0 Å². The van der Waals surface area contributed by atoms with Crippen LogP contribution >= 0.6 is 15.9 Å². The van der Waals surface area contributed by atoms with Gasteiger partial charge in [-0.05, 0) is 64.8 Å². The van der Waals surface area contributed by atoms with E-state index < -0.39 is 17.7 Å². The number of hydrogen-bond acceptors (Lipinski definition) is 1. The summed E-state index contributed by atoms with van der Waals surface area (Å²) in [6.45, 7) is 4.19. The van der Waals surface area contributed by atoms with E-state index in [9.17, 15) is 13.2 Å². The van der Waals surface area contributed by atoms with E-state index >= 15 is 0 Å². The molecular weight excluding hydrogens is 343 g/mol. The first-order valence-electron chi connectivity index (χ1n) is 6.58. The molecule has 0 spiro atoms. The van der Waals surface area contributed by atoms with Gasteiger partial charge in [0.15, 0.2) is 0 Å². The Morgan fingerprint density at radius 2 is 1.76 bits per heavy atom. The van der Waals surface area contributed by atoms with Gasteiger partial charge in [-0.25, -0.2) is 13.2 Å². The summed E-state index contributed by atoms with van der Waals surface area (Å²) in [6.07, 6.45) is 0. The van der Waals surface area contributed by atoms with Crippen LogP contribution < -0.4 is 5.32 Å². The topological polar surface area (TPSA) is 12.0 Å². The molecule has 0 saturated heterocycles. The summed E-state index contributed by atoms with van der Waals surface area (Å²) in [4.78, 5) is 0. The normalized spacial score (nSPS) is 12.5. The van der Waals surface area contributed by atoms with Crippen LogP contribution in [0.4, 0.5) is 13.2 Å². The Labute approximate surface area is 130 Å². The molecule has 1 unspecified atom stereocenters. The quantitative estimate of drug-likeness (QED) is 0.769. The number of hydrogen-bond donors (Lipinski definition) is 1. The van der Waals surface area contributed by atoms with Gasteiger partial charge in [0.2, 0.25) is 0 Å². The highest BCUT2D eigenvalue weighted by atomic mass is 79.9. The van der Waals surface area contributed by atoms with Crippen LogP contribution in [-0.4, -0.2) is 6.54 Å². The van der Waals surface area contributed by atoms with Crippen LogP contribution in [0.15, 0.2) is 34.8 Å². The fourth-order valence-electron chi connectivity index (χ4n) is 2.31. The number of benzene rings is 2. The minimum Gasteiger partial charge on any atom is -0.306 e. The lowest BCUT2D eigenvalue weighted by atomic mass is 9.94. The molecule has 0 aliphatic heterocycles. The first kappa shape index (κ1) is 16.0. The molecule has 0 aliphatic carbocycles. The van der Waals surface area contributed by atoms with Gasteiger partial charge in [-0.2, -0.15) is 0 Å². The Morgan fingerprint density at radius 1 is 1.05 bits per heavy atom. The van der Waals surface area contributed by atoms with Gasteiger partial charge >= 0.3 is 0 Å². The molecule has 0 bridgehead atoms. The van der Waals surface area contributed by atoms with Crippen LogP contribution in [0.3, 0.4) is 0 Å². The van der Waals surface area contributed by atoms with E-state index in [4.69, 9.17) is 0 Å². The highest BCUT2D eigenvalue weighted by Crippen LogP contribution is 2.30. The number of nitrogens with one attached hydrogen (secondary N) is 1. The molecule has 2 aromatic carbocycles. The molecule has 0 amide bonds. The molecule has 2 aromatic rings. The van der Waals surface area contributed by atoms with Gasteiger partial charge in [-0.1, -0.05) is 13.0 Å². The molecule has 21 heavy (non-hydrogen) atoms. The van der Waals surface area contributed by atoms with Gasteiger partial charge in [0, 0.05) is 5.56 Å². The zero-order valence-electron chi connectivity index (χ0n) is 11.7. The Kier molecular flexibility index (Phi) is 5.06. The van der Waals surface area contributed by atoms with E-state index in [1.807, 2.05) is 6.92 Å². The molecule has 0 radical (unpaired) electrons. The highest BCUT2D eigenvalue weighted by molar-refractivity contribution is 9.10. The Morgan fingerprint density at radius 3 is 2.38 bits per heavy atom. The van der Waals surface area contributed by atoms with E-state index in [0.717, 1.165) is 17.7 Å². The van der Waals surface area contributed by atoms with Crippen molar-refractivity contribution >= 4 is 15.9 Å². The molecule has 2 rings (SSSR count). The fraction of sp³-hybridized carbons (Fsp3) is 0.250. The van der Waals surface area contributed by atoms with Crippen molar-refractivity contribution < 1.29 is 13.2 Å². The zero-order chi connectivity index (χ0) is 15.6. The predicted octanol–water partition coefficient (Wildman–Crippen LogP) is 4.87. The molecule has 1 atom stereocenters. The van der Waals surface area contributed by atoms with Crippen LogP contribution in [0.2, 0.25) is 0 Å². The standard InChI is InChI=1S/C16H15BrF3N/c1-3-21-16(11-5-4-10(18)6-9(11)2)12-7-15(20)13(17)8-14(12)19/h4-8,16,21H,3H2,1-2H3. The summed E-state index contributed by atoms with van der Waals surface area (Å²) < 4.78 is 41.2. The molecule has 112 valence electrons. The van der Waals surface area contributed by atoms with Crippen molar-refractivity contribution in [3.05, 3.63) is 68.9 Å². The number of aryl methyl sites for hydroxylation is 1. The molecule has 0 aliphatic rings. The summed E-state index contributed by atoms with van der Waals surface area (Å²) >= 11 is 2.96. The average molecular weight is 358 g/mol. The smallest absolute Gasteiger partial charge is 0.137 e. The summed E-state index contributed by atoms with van der Waals surface area (Å²) in [5, 5.41) is 3.12. The zero-order valence-corrected chi connectivity index (χ0v) is 13.3. The van der Waals surface area contributed by atoms with Gasteiger partial charge in [-0.15, -0.1) is 0 Å². The summed E-state index contributed by atoms with van der Waals surface area (Å²) in [5.41, 5.74) is 1.61. The predicted molar refractivity (Wildman–Crippen MR) is 80.7 cm³/mol. The lowest BCUT2D eigenvalue weighted by Gasteiger charge is -2.22. The van der Waals surface area contributed by atoms with Crippen molar-refractivity contribution in [3.63, 3.8) is 0 Å². The van der Waals surface area contributed by atoms with Crippen molar-refractivity contribution in [1.82, 2.24) is 5.32 Å². The van der Waals surface area contributed by atoms with Gasteiger partial charge < -0.3 is 5.32 Å². The third kappa shape index (κ3) is 3.47. The van der Waals surface area contributed by atoms with Gasteiger partial charge in [-0.3, -0.25) is 0 Å². The fourth-order valence-corrected chi connectivity index (χ4v) is 2.63. The van der Waals surface area contributed by atoms with Crippen molar-refractivity contribution in [2.45, 2.75) is 19.9 Å². The van der Waals surface area contributed by atoms with Crippen molar-refractivity contribution in [2.75, 3.05) is 6.54 Å². The second-order valence-corrected chi connectivity index (χ2v) is 5.63. The Balaban J connectivity index is 2.55. The van der Waals surface area contributed by atoms with Crippen molar-refractivity contribution in [2.24, 2.45) is 0 Å². The summed E-state index contributed by atoms with van der Waals surface area (Å²) in [7, 11) is 0. The monoisotopic (exact) mass is 357 g/mol. The Hall–Kier alpha value is -1.33. The molecular formula is C16H15BrF3N. The Bertz CT molecular complexity index is 658. The van der Waals surface area contributed by atoms with Crippen LogP contribution in [-0.2, 0) is 0 Å². The van der Waals surface area contributed by atoms with Crippen molar-refractivity contribution in [3.8, 4) is 0 Å². The van der Waals surface area contributed by atoms with Crippen LogP contribution in [0.25, 0.3) is 0 Å². The largest absolute Gasteiger partial charge is 0.306 e. The minimum absolute atomic E-state index is 0.0785. The number of halogens is 4. The maximum absolute atomic E-state index is 14.2. The van der Waals surface area contributed by atoms with E-state index in [2.05, 4.69) is 21.2 Å². The van der Waals surface area contributed by atoms with Gasteiger partial charge in [0.25, 0.3) is 0 Å². The molecule has 0 fully saturated rings. The lowest BCUT2D eigenvalue weighted by Crippen LogP contribution is -2.24. The van der Waals surface area contributed by atoms with Crippen LogP contribution in [0.5, 0.6) is 0 Å². The first-order valence-corrected chi connectivity index (χ1v) is 7.37. The second kappa shape index (κ2) is 6.62. The molecule has 0 heterocycles. The molecule has 1 N–H and O–H groups in total. The third-order valence-corrected chi connectivity index (χ3v) is 3.91. The molecule has 5 heteroatoms. The maximum Gasteiger partial charge on any atom is 0.137 e.